The molecular weight excluding hydrogens is 481 g/mol. The fourth-order valence-corrected chi connectivity index (χ4v) is 3.31. The normalized spacial score (nSPS) is 10.2. The number of amides is 2. The molecule has 0 saturated carbocycles. The van der Waals surface area contributed by atoms with Crippen LogP contribution in [0.1, 0.15) is 10.4 Å². The monoisotopic (exact) mass is 505 g/mol. The Balaban J connectivity index is 0.00000480. The number of hydrogen-bond acceptors (Lipinski definition) is 7. The first kappa shape index (κ1) is 29.1. The third-order valence-corrected chi connectivity index (χ3v) is 5.13. The van der Waals surface area contributed by atoms with Crippen LogP contribution >= 0.6 is 24.8 Å². The van der Waals surface area contributed by atoms with E-state index in [9.17, 15) is 18.0 Å². The molecule has 2 aromatic rings. The number of guanidine groups is 1. The van der Waals surface area contributed by atoms with Gasteiger partial charge in [0.25, 0.3) is 5.91 Å². The summed E-state index contributed by atoms with van der Waals surface area (Å²) in [5.41, 5.74) is 5.79. The molecule has 0 unspecified atom stereocenters. The Morgan fingerprint density at radius 1 is 1.12 bits per heavy atom. The highest BCUT2D eigenvalue weighted by Crippen LogP contribution is 2.31. The zero-order chi connectivity index (χ0) is 22.5. The minimum absolute atomic E-state index is 0. The van der Waals surface area contributed by atoms with Gasteiger partial charge in [0, 0.05) is 24.6 Å². The SMILES string of the molecule is CNCC(=O)N(C)c1ccc(Oc2ccc(C(=O)NC(=N)N)cc2S(C)(=O)=O)cc1.Cl.Cl. The van der Waals surface area contributed by atoms with E-state index >= 15 is 0 Å². The highest BCUT2D eigenvalue weighted by Gasteiger charge is 2.19. The summed E-state index contributed by atoms with van der Waals surface area (Å²) in [6, 6.07) is 10.4. The minimum atomic E-state index is -3.73. The quantitative estimate of drug-likeness (QED) is 0.328. The lowest BCUT2D eigenvalue weighted by atomic mass is 10.2. The zero-order valence-electron chi connectivity index (χ0n) is 17.5. The summed E-state index contributed by atoms with van der Waals surface area (Å²) >= 11 is 0. The zero-order valence-corrected chi connectivity index (χ0v) is 20.0. The number of ether oxygens (including phenoxy) is 1. The summed E-state index contributed by atoms with van der Waals surface area (Å²) in [5, 5.41) is 12.0. The number of rotatable bonds is 7. The van der Waals surface area contributed by atoms with Crippen molar-refractivity contribution in [2.75, 3.05) is 31.8 Å². The number of nitrogens with two attached hydrogens (primary N) is 1. The Labute approximate surface area is 198 Å². The van der Waals surface area contributed by atoms with Crippen LogP contribution in [0.5, 0.6) is 11.5 Å². The van der Waals surface area contributed by atoms with Gasteiger partial charge in [-0.3, -0.25) is 20.3 Å². The minimum Gasteiger partial charge on any atom is -0.456 e. The Morgan fingerprint density at radius 2 is 1.72 bits per heavy atom. The summed E-state index contributed by atoms with van der Waals surface area (Å²) in [7, 11) is -0.408. The molecule has 0 aliphatic carbocycles. The molecule has 2 aromatic carbocycles. The van der Waals surface area contributed by atoms with Crippen LogP contribution in [-0.4, -0.2) is 53.1 Å². The summed E-state index contributed by atoms with van der Waals surface area (Å²) in [4.78, 5) is 25.2. The van der Waals surface area contributed by atoms with Crippen molar-refractivity contribution in [1.82, 2.24) is 10.6 Å². The number of halogens is 2. The van der Waals surface area contributed by atoms with E-state index in [0.717, 1.165) is 12.3 Å². The van der Waals surface area contributed by atoms with Gasteiger partial charge in [-0.05, 0) is 49.5 Å². The lowest BCUT2D eigenvalue weighted by molar-refractivity contribution is -0.117. The van der Waals surface area contributed by atoms with E-state index in [4.69, 9.17) is 15.9 Å². The van der Waals surface area contributed by atoms with Gasteiger partial charge in [0.05, 0.1) is 6.54 Å². The molecule has 5 N–H and O–H groups in total. The molecule has 176 valence electrons. The van der Waals surface area contributed by atoms with Crippen molar-refractivity contribution in [2.24, 2.45) is 5.73 Å². The Kier molecular flexibility index (Phi) is 11.2. The van der Waals surface area contributed by atoms with Crippen LogP contribution in [0.4, 0.5) is 5.69 Å². The van der Waals surface area contributed by atoms with E-state index in [1.165, 1.54) is 17.0 Å². The highest BCUT2D eigenvalue weighted by atomic mass is 35.5. The number of carbonyl (C=O) groups excluding carboxylic acids is 2. The highest BCUT2D eigenvalue weighted by molar-refractivity contribution is 7.90. The largest absolute Gasteiger partial charge is 0.456 e. The molecule has 0 fully saturated rings. The van der Waals surface area contributed by atoms with E-state index in [2.05, 4.69) is 10.6 Å². The number of sulfone groups is 1. The molecule has 32 heavy (non-hydrogen) atoms. The molecule has 13 heteroatoms. The third-order valence-electron chi connectivity index (χ3n) is 4.01. The fraction of sp³-hybridized carbons (Fsp3) is 0.211. The Morgan fingerprint density at radius 3 is 2.22 bits per heavy atom. The van der Waals surface area contributed by atoms with Crippen molar-refractivity contribution in [3.05, 3.63) is 48.0 Å². The van der Waals surface area contributed by atoms with Gasteiger partial charge in [-0.1, -0.05) is 0 Å². The van der Waals surface area contributed by atoms with Crippen molar-refractivity contribution in [2.45, 2.75) is 4.90 Å². The topological polar surface area (TPSA) is 155 Å². The Hall–Kier alpha value is -2.86. The number of carbonyl (C=O) groups is 2. The van der Waals surface area contributed by atoms with Gasteiger partial charge in [0.2, 0.25) is 5.91 Å². The second-order valence-corrected chi connectivity index (χ2v) is 8.36. The molecule has 2 rings (SSSR count). The molecule has 0 heterocycles. The van der Waals surface area contributed by atoms with Gasteiger partial charge in [0.1, 0.15) is 16.4 Å². The lowest BCUT2D eigenvalue weighted by Gasteiger charge is -2.18. The van der Waals surface area contributed by atoms with Gasteiger partial charge in [-0.2, -0.15) is 0 Å². The molecule has 0 atom stereocenters. The second kappa shape index (κ2) is 12.2. The van der Waals surface area contributed by atoms with Crippen molar-refractivity contribution >= 4 is 58.1 Å². The first-order valence-corrected chi connectivity index (χ1v) is 10.6. The second-order valence-electron chi connectivity index (χ2n) is 6.38. The molecule has 0 radical (unpaired) electrons. The number of anilines is 1. The predicted octanol–water partition coefficient (Wildman–Crippen LogP) is 1.53. The first-order valence-electron chi connectivity index (χ1n) is 8.71. The lowest BCUT2D eigenvalue weighted by Crippen LogP contribution is -2.35. The molecule has 0 aliphatic rings. The smallest absolute Gasteiger partial charge is 0.257 e. The molecule has 0 aliphatic heterocycles. The molecule has 10 nitrogen and oxygen atoms in total. The van der Waals surface area contributed by atoms with Crippen LogP contribution in [0, 0.1) is 5.41 Å². The van der Waals surface area contributed by atoms with Gasteiger partial charge in [-0.15, -0.1) is 24.8 Å². The molecule has 0 spiro atoms. The van der Waals surface area contributed by atoms with Gasteiger partial charge < -0.3 is 20.7 Å². The molecule has 0 saturated heterocycles. The maximum Gasteiger partial charge on any atom is 0.257 e. The van der Waals surface area contributed by atoms with Crippen molar-refractivity contribution in [3.63, 3.8) is 0 Å². The number of nitrogens with zero attached hydrogens (tertiary/aromatic N) is 1. The number of hydrogen-bond donors (Lipinski definition) is 4. The standard InChI is InChI=1S/C19H23N5O5S.2ClH/c1-22-11-17(25)24(2)13-5-7-14(8-6-13)29-15-9-4-12(18(26)23-19(20)21)10-16(15)30(3,27)28;;/h4-10,22H,11H2,1-3H3,(H4,20,21,23,26);2*1H. The number of benzene rings is 2. The summed E-state index contributed by atoms with van der Waals surface area (Å²) in [6.45, 7) is 0.191. The van der Waals surface area contributed by atoms with Crippen LogP contribution in [-0.2, 0) is 14.6 Å². The van der Waals surface area contributed by atoms with E-state index in [-0.39, 0.29) is 53.5 Å². The van der Waals surface area contributed by atoms with Crippen LogP contribution in [0.2, 0.25) is 0 Å². The van der Waals surface area contributed by atoms with Crippen molar-refractivity contribution in [3.8, 4) is 11.5 Å². The van der Waals surface area contributed by atoms with E-state index in [1.54, 1.807) is 38.4 Å². The van der Waals surface area contributed by atoms with E-state index in [1.807, 2.05) is 0 Å². The Bertz CT molecular complexity index is 1080. The van der Waals surface area contributed by atoms with Crippen LogP contribution < -0.4 is 26.0 Å². The summed E-state index contributed by atoms with van der Waals surface area (Å²) in [6.07, 6.45) is 0.993. The summed E-state index contributed by atoms with van der Waals surface area (Å²) < 4.78 is 30.1. The number of nitrogens with one attached hydrogen (secondary N) is 3. The first-order chi connectivity index (χ1) is 14.0. The maximum absolute atomic E-state index is 12.2. The van der Waals surface area contributed by atoms with E-state index in [0.29, 0.717) is 11.4 Å². The van der Waals surface area contributed by atoms with E-state index < -0.39 is 21.7 Å². The van der Waals surface area contributed by atoms with Gasteiger partial charge in [-0.25, -0.2) is 8.42 Å². The average molecular weight is 506 g/mol. The van der Waals surface area contributed by atoms with Crippen LogP contribution in [0.15, 0.2) is 47.4 Å². The molecule has 2 amide bonds. The van der Waals surface area contributed by atoms with Crippen LogP contribution in [0.3, 0.4) is 0 Å². The third kappa shape index (κ3) is 7.68. The van der Waals surface area contributed by atoms with Gasteiger partial charge in [0.15, 0.2) is 15.8 Å². The molecule has 0 bridgehead atoms. The van der Waals surface area contributed by atoms with Crippen molar-refractivity contribution in [1.29, 1.82) is 5.41 Å². The number of likely N-dealkylation sites (N-methyl/N-ethyl adjacent to an activating group) is 2. The molecule has 0 aromatic heterocycles. The maximum atomic E-state index is 12.2. The fourth-order valence-electron chi connectivity index (χ4n) is 2.50. The summed E-state index contributed by atoms with van der Waals surface area (Å²) in [5.74, 6) is -1.01. The predicted molar refractivity (Wildman–Crippen MR) is 127 cm³/mol. The van der Waals surface area contributed by atoms with Gasteiger partial charge >= 0.3 is 0 Å². The van der Waals surface area contributed by atoms with Crippen LogP contribution in [0.25, 0.3) is 0 Å². The van der Waals surface area contributed by atoms with Crippen molar-refractivity contribution < 1.29 is 22.7 Å². The average Bonchev–Trinajstić information content (AvgIpc) is 2.67. The molecular formula is C19H25Cl2N5O5S.